The summed E-state index contributed by atoms with van der Waals surface area (Å²) in [6, 6.07) is 4.83. The Labute approximate surface area is 231 Å². The molecule has 2 atom stereocenters. The van der Waals surface area contributed by atoms with Crippen LogP contribution in [-0.4, -0.2) is 77.9 Å². The molecule has 0 radical (unpaired) electrons. The predicted octanol–water partition coefficient (Wildman–Crippen LogP) is 4.55. The number of halogens is 3. The summed E-state index contributed by atoms with van der Waals surface area (Å²) in [6.07, 6.45) is 2.86. The maximum Gasteiger partial charge on any atom is 0.159 e. The third-order valence-electron chi connectivity index (χ3n) is 7.22. The molecule has 0 bridgehead atoms. The highest BCUT2D eigenvalue weighted by Gasteiger charge is 2.27. The van der Waals surface area contributed by atoms with E-state index in [9.17, 15) is 0 Å². The number of hydrogen-bond acceptors (Lipinski definition) is 9. The van der Waals surface area contributed by atoms with Crippen LogP contribution in [0.3, 0.4) is 0 Å². The number of nitrogens with zero attached hydrogens (tertiary/aromatic N) is 6. The monoisotopic (exact) mass is 558 g/mol. The molecule has 9 nitrogen and oxygen atoms in total. The first-order valence-corrected chi connectivity index (χ1v) is 13.5. The van der Waals surface area contributed by atoms with Crippen molar-refractivity contribution in [3.63, 3.8) is 0 Å². The molecule has 3 N–H and O–H groups in total. The third kappa shape index (κ3) is 5.70. The quantitative estimate of drug-likeness (QED) is 0.422. The second-order valence-corrected chi connectivity index (χ2v) is 10.3. The number of anilines is 5. The van der Waals surface area contributed by atoms with Crippen molar-refractivity contribution in [2.75, 3.05) is 66.7 Å². The Hall–Kier alpha value is -3.28. The van der Waals surface area contributed by atoms with E-state index in [1.54, 1.807) is 12.1 Å². The molecular weight excluding hydrogens is 526 g/mol. The molecule has 12 heteroatoms. The Morgan fingerprint density at radius 2 is 1.77 bits per heavy atom. The molecule has 2 saturated heterocycles. The molecule has 4 heterocycles. The van der Waals surface area contributed by atoms with Crippen LogP contribution < -0.4 is 20.9 Å². The van der Waals surface area contributed by atoms with E-state index in [-0.39, 0.29) is 40.1 Å². The number of likely N-dealkylation sites (N-methyl/N-ethyl adjacent to an activating group) is 1. The first-order chi connectivity index (χ1) is 18.7. The van der Waals surface area contributed by atoms with Crippen LogP contribution in [0.1, 0.15) is 20.8 Å². The summed E-state index contributed by atoms with van der Waals surface area (Å²) in [5.41, 5.74) is 6.74. The number of benzene rings is 1. The van der Waals surface area contributed by atoms with Crippen molar-refractivity contribution >= 4 is 40.3 Å². The summed E-state index contributed by atoms with van der Waals surface area (Å²) in [6.45, 7) is 11.2. The van der Waals surface area contributed by atoms with Gasteiger partial charge in [0.15, 0.2) is 16.8 Å². The first kappa shape index (κ1) is 27.3. The van der Waals surface area contributed by atoms with Crippen molar-refractivity contribution in [3.05, 3.63) is 47.5 Å². The SMILES string of the molecule is CCN1CCN(c2cc(F)c(-c3ccc(N4C[C@@H](C)O[C@@H](C)C4)nc3)c(F)c2Nc2ncnc(Cl)c2N)CC1. The largest absolute Gasteiger partial charge is 0.393 e. The molecule has 1 aromatic carbocycles. The number of piperazine rings is 1. The van der Waals surface area contributed by atoms with Crippen LogP contribution >= 0.6 is 11.6 Å². The minimum Gasteiger partial charge on any atom is -0.393 e. The van der Waals surface area contributed by atoms with Gasteiger partial charge in [0, 0.05) is 57.1 Å². The summed E-state index contributed by atoms with van der Waals surface area (Å²) < 4.78 is 37.8. The van der Waals surface area contributed by atoms with Gasteiger partial charge in [-0.25, -0.2) is 23.7 Å². The Kier molecular flexibility index (Phi) is 8.01. The molecule has 0 aliphatic carbocycles. The number of rotatable bonds is 6. The maximum absolute atomic E-state index is 16.3. The highest BCUT2D eigenvalue weighted by atomic mass is 35.5. The van der Waals surface area contributed by atoms with Gasteiger partial charge in [-0.05, 0) is 32.5 Å². The van der Waals surface area contributed by atoms with Gasteiger partial charge in [0.25, 0.3) is 0 Å². The topological polar surface area (TPSA) is 95.7 Å². The zero-order valence-corrected chi connectivity index (χ0v) is 23.0. The fourth-order valence-corrected chi connectivity index (χ4v) is 5.36. The molecule has 208 valence electrons. The number of hydrogen-bond donors (Lipinski definition) is 2. The fraction of sp³-hybridized carbons (Fsp3) is 0.444. The van der Waals surface area contributed by atoms with E-state index in [0.29, 0.717) is 37.4 Å². The van der Waals surface area contributed by atoms with Crippen molar-refractivity contribution in [1.29, 1.82) is 0 Å². The first-order valence-electron chi connectivity index (χ1n) is 13.1. The summed E-state index contributed by atoms with van der Waals surface area (Å²) in [4.78, 5) is 18.9. The van der Waals surface area contributed by atoms with Crippen LogP contribution in [0.4, 0.5) is 37.5 Å². The second-order valence-electron chi connectivity index (χ2n) is 9.98. The van der Waals surface area contributed by atoms with Crippen LogP contribution in [0.5, 0.6) is 0 Å². The van der Waals surface area contributed by atoms with Gasteiger partial charge in [-0.1, -0.05) is 18.5 Å². The van der Waals surface area contributed by atoms with Crippen molar-refractivity contribution < 1.29 is 13.5 Å². The van der Waals surface area contributed by atoms with Crippen LogP contribution in [0.2, 0.25) is 5.15 Å². The number of nitrogens with two attached hydrogens (primary N) is 1. The Bertz CT molecular complexity index is 1310. The number of nitrogen functional groups attached to an aromatic ring is 1. The van der Waals surface area contributed by atoms with E-state index in [1.165, 1.54) is 18.6 Å². The smallest absolute Gasteiger partial charge is 0.159 e. The summed E-state index contributed by atoms with van der Waals surface area (Å²) in [5.74, 6) is -0.569. The van der Waals surface area contributed by atoms with Crippen molar-refractivity contribution in [1.82, 2.24) is 19.9 Å². The third-order valence-corrected chi connectivity index (χ3v) is 7.52. The van der Waals surface area contributed by atoms with Gasteiger partial charge in [0.05, 0.1) is 23.5 Å². The number of ether oxygens (including phenoxy) is 1. The van der Waals surface area contributed by atoms with Crippen LogP contribution in [-0.2, 0) is 4.74 Å². The van der Waals surface area contributed by atoms with E-state index < -0.39 is 11.6 Å². The molecule has 5 rings (SSSR count). The molecule has 0 saturated carbocycles. The van der Waals surface area contributed by atoms with Gasteiger partial charge in [-0.15, -0.1) is 0 Å². The molecule has 0 amide bonds. The van der Waals surface area contributed by atoms with Gasteiger partial charge < -0.3 is 30.5 Å². The van der Waals surface area contributed by atoms with E-state index in [4.69, 9.17) is 22.1 Å². The zero-order chi connectivity index (χ0) is 27.7. The Morgan fingerprint density at radius 3 is 2.41 bits per heavy atom. The van der Waals surface area contributed by atoms with Crippen molar-refractivity contribution in [2.24, 2.45) is 0 Å². The highest BCUT2D eigenvalue weighted by molar-refractivity contribution is 6.32. The number of aromatic nitrogens is 3. The number of nitrogens with one attached hydrogen (secondary N) is 1. The minimum absolute atomic E-state index is 0.0416. The summed E-state index contributed by atoms with van der Waals surface area (Å²) in [5, 5.41) is 3.02. The number of morpholine rings is 1. The van der Waals surface area contributed by atoms with Gasteiger partial charge >= 0.3 is 0 Å². The van der Waals surface area contributed by atoms with Gasteiger partial charge in [0.1, 0.15) is 29.3 Å². The number of pyridine rings is 1. The minimum atomic E-state index is -0.764. The lowest BCUT2D eigenvalue weighted by atomic mass is 10.0. The van der Waals surface area contributed by atoms with Crippen LogP contribution in [0.15, 0.2) is 30.7 Å². The molecule has 39 heavy (non-hydrogen) atoms. The van der Waals surface area contributed by atoms with E-state index >= 15 is 8.78 Å². The van der Waals surface area contributed by atoms with E-state index in [1.807, 2.05) is 18.7 Å². The van der Waals surface area contributed by atoms with E-state index in [2.05, 4.69) is 37.0 Å². The molecule has 0 unspecified atom stereocenters. The lowest BCUT2D eigenvalue weighted by Gasteiger charge is -2.37. The molecule has 2 aliphatic rings. The molecule has 2 aliphatic heterocycles. The molecule has 2 aromatic heterocycles. The van der Waals surface area contributed by atoms with Gasteiger partial charge in [0.2, 0.25) is 0 Å². The van der Waals surface area contributed by atoms with E-state index in [0.717, 1.165) is 25.5 Å². The summed E-state index contributed by atoms with van der Waals surface area (Å²) in [7, 11) is 0. The molecular formula is C27H33ClF2N8O. The molecule has 3 aromatic rings. The maximum atomic E-state index is 16.3. The normalized spacial score (nSPS) is 20.4. The van der Waals surface area contributed by atoms with Crippen molar-refractivity contribution in [2.45, 2.75) is 33.0 Å². The molecule has 2 fully saturated rings. The lowest BCUT2D eigenvalue weighted by Crippen LogP contribution is -2.46. The van der Waals surface area contributed by atoms with Gasteiger partial charge in [-0.3, -0.25) is 0 Å². The highest BCUT2D eigenvalue weighted by Crippen LogP contribution is 2.41. The standard InChI is InChI=1S/C27H33ClF2N8O/c1-4-36-7-9-37(10-8-36)20-11-19(29)22(23(30)25(20)35-27-24(31)26(28)33-15-34-27)18-5-6-21(32-12-18)38-13-16(2)39-17(3)14-38/h5-6,11-12,15-17H,4,7-10,13-14,31H2,1-3H3,(H,33,34,35)/t16-,17+. The van der Waals surface area contributed by atoms with Crippen LogP contribution in [0.25, 0.3) is 11.1 Å². The zero-order valence-electron chi connectivity index (χ0n) is 22.3. The van der Waals surface area contributed by atoms with Crippen molar-refractivity contribution in [3.8, 4) is 11.1 Å². The lowest BCUT2D eigenvalue weighted by molar-refractivity contribution is -0.00545. The Morgan fingerprint density at radius 1 is 1.05 bits per heavy atom. The Balaban J connectivity index is 1.53. The second kappa shape index (κ2) is 11.4. The predicted molar refractivity (Wildman–Crippen MR) is 151 cm³/mol. The van der Waals surface area contributed by atoms with Gasteiger partial charge in [-0.2, -0.15) is 0 Å². The fourth-order valence-electron chi connectivity index (χ4n) is 5.22. The molecule has 0 spiro atoms. The van der Waals surface area contributed by atoms with Crippen LogP contribution in [0, 0.1) is 11.6 Å². The average Bonchev–Trinajstić information content (AvgIpc) is 2.92. The average molecular weight is 559 g/mol. The summed E-state index contributed by atoms with van der Waals surface area (Å²) >= 11 is 6.08.